The minimum absolute atomic E-state index is 0.167. The zero-order chi connectivity index (χ0) is 24.9. The van der Waals surface area contributed by atoms with Crippen LogP contribution in [0.3, 0.4) is 0 Å². The van der Waals surface area contributed by atoms with Gasteiger partial charge in [-0.15, -0.1) is 0 Å². The summed E-state index contributed by atoms with van der Waals surface area (Å²) in [5.41, 5.74) is 0.132. The molecule has 8 heteroatoms. The summed E-state index contributed by atoms with van der Waals surface area (Å²) in [7, 11) is 0. The predicted octanol–water partition coefficient (Wildman–Crippen LogP) is 8.29. The highest BCUT2D eigenvalue weighted by Crippen LogP contribution is 2.31. The van der Waals surface area contributed by atoms with Crippen molar-refractivity contribution in [2.75, 3.05) is 13.1 Å². The number of H-pyrrole nitrogens is 1. The first kappa shape index (κ1) is 28.8. The Morgan fingerprint density at radius 3 is 1.76 bits per heavy atom. The van der Waals surface area contributed by atoms with Crippen LogP contribution in [0.1, 0.15) is 101 Å². The van der Waals surface area contributed by atoms with Crippen molar-refractivity contribution < 1.29 is 4.79 Å². The van der Waals surface area contributed by atoms with Gasteiger partial charge in [0, 0.05) is 24.2 Å². The Balaban J connectivity index is 2.11. The summed E-state index contributed by atoms with van der Waals surface area (Å²) in [5, 5.41) is 3.76. The van der Waals surface area contributed by atoms with Crippen molar-refractivity contribution in [3.05, 3.63) is 49.3 Å². The SMILES string of the molecule is CCCCCCCCN(CCCCCCCC)C(=O)c1cc(=O)n(-c2c(Cl)cc(Cl)cc2Cl)[nH]1. The normalized spacial score (nSPS) is 11.2. The third-order valence-electron chi connectivity index (χ3n) is 6.01. The van der Waals surface area contributed by atoms with Crippen molar-refractivity contribution in [2.45, 2.75) is 90.9 Å². The van der Waals surface area contributed by atoms with Crippen molar-refractivity contribution in [2.24, 2.45) is 0 Å². The fourth-order valence-electron chi connectivity index (χ4n) is 4.07. The Morgan fingerprint density at radius 2 is 1.26 bits per heavy atom. The quantitative estimate of drug-likeness (QED) is 0.222. The highest BCUT2D eigenvalue weighted by Gasteiger charge is 2.21. The number of halogens is 3. The Kier molecular flexibility index (Phi) is 13.2. The molecule has 0 aliphatic heterocycles. The summed E-state index contributed by atoms with van der Waals surface area (Å²) in [6.07, 6.45) is 13.9. The highest BCUT2D eigenvalue weighted by molar-refractivity contribution is 6.40. The fourth-order valence-corrected chi connectivity index (χ4v) is 5.06. The van der Waals surface area contributed by atoms with Gasteiger partial charge in [-0.05, 0) is 25.0 Å². The largest absolute Gasteiger partial charge is 0.337 e. The molecule has 0 unspecified atom stereocenters. The number of carbonyl (C=O) groups excluding carboxylic acids is 1. The number of aromatic nitrogens is 2. The van der Waals surface area contributed by atoms with Crippen LogP contribution in [0.15, 0.2) is 23.0 Å². The Bertz CT molecular complexity index is 916. The molecule has 2 rings (SSSR count). The van der Waals surface area contributed by atoms with Crippen LogP contribution in [0, 0.1) is 0 Å². The molecule has 0 radical (unpaired) electrons. The second-order valence-corrected chi connectivity index (χ2v) is 10.1. The van der Waals surface area contributed by atoms with E-state index in [1.54, 1.807) is 0 Å². The van der Waals surface area contributed by atoms with E-state index < -0.39 is 5.56 Å². The number of unbranched alkanes of at least 4 members (excludes halogenated alkanes) is 10. The summed E-state index contributed by atoms with van der Waals surface area (Å²) < 4.78 is 1.21. The average molecular weight is 531 g/mol. The molecule has 5 nitrogen and oxygen atoms in total. The van der Waals surface area contributed by atoms with Gasteiger partial charge in [0.25, 0.3) is 11.5 Å². The lowest BCUT2D eigenvalue weighted by Gasteiger charge is -2.22. The Hall–Kier alpha value is -1.43. The maximum atomic E-state index is 13.4. The zero-order valence-electron chi connectivity index (χ0n) is 20.5. The van der Waals surface area contributed by atoms with Gasteiger partial charge in [0.15, 0.2) is 0 Å². The van der Waals surface area contributed by atoms with Crippen LogP contribution in [0.2, 0.25) is 15.1 Å². The molecule has 0 aliphatic carbocycles. The maximum absolute atomic E-state index is 13.4. The van der Waals surface area contributed by atoms with E-state index in [1.807, 2.05) is 4.90 Å². The molecule has 1 heterocycles. The van der Waals surface area contributed by atoms with Gasteiger partial charge in [0.05, 0.1) is 10.0 Å². The number of rotatable bonds is 16. The lowest BCUT2D eigenvalue weighted by molar-refractivity contribution is 0.0742. The van der Waals surface area contributed by atoms with Crippen LogP contribution in [-0.4, -0.2) is 33.7 Å². The number of hydrogen-bond donors (Lipinski definition) is 1. The molecule has 0 fully saturated rings. The monoisotopic (exact) mass is 529 g/mol. The molecule has 1 aromatic carbocycles. The third-order valence-corrected chi connectivity index (χ3v) is 6.80. The van der Waals surface area contributed by atoms with Crippen molar-refractivity contribution >= 4 is 40.7 Å². The summed E-state index contributed by atoms with van der Waals surface area (Å²) in [6, 6.07) is 4.35. The first-order valence-electron chi connectivity index (χ1n) is 12.6. The molecule has 34 heavy (non-hydrogen) atoms. The van der Waals surface area contributed by atoms with E-state index in [9.17, 15) is 9.59 Å². The van der Waals surface area contributed by atoms with Crippen molar-refractivity contribution in [1.29, 1.82) is 0 Å². The molecule has 0 saturated heterocycles. The summed E-state index contributed by atoms with van der Waals surface area (Å²) in [6.45, 7) is 5.79. The van der Waals surface area contributed by atoms with Crippen LogP contribution < -0.4 is 5.56 Å². The summed E-state index contributed by atoms with van der Waals surface area (Å²) in [4.78, 5) is 27.9. The maximum Gasteiger partial charge on any atom is 0.272 e. The minimum atomic E-state index is -0.395. The van der Waals surface area contributed by atoms with Gasteiger partial charge in [0.1, 0.15) is 11.4 Å². The molecular formula is C26H38Cl3N3O2. The van der Waals surface area contributed by atoms with E-state index in [1.165, 1.54) is 74.2 Å². The van der Waals surface area contributed by atoms with Crippen molar-refractivity contribution in [1.82, 2.24) is 14.7 Å². The van der Waals surface area contributed by atoms with Gasteiger partial charge < -0.3 is 4.90 Å². The first-order valence-corrected chi connectivity index (χ1v) is 13.8. The standard InChI is InChI=1S/C26H38Cl3N3O2/c1-3-5-7-9-11-13-15-31(16-14-12-10-8-6-4-2)26(34)23-19-24(33)32(30-23)25-21(28)17-20(27)18-22(25)29/h17-19,30H,3-16H2,1-2H3. The number of aromatic amines is 1. The molecule has 2 aromatic rings. The lowest BCUT2D eigenvalue weighted by atomic mass is 10.1. The Morgan fingerprint density at radius 1 is 0.794 bits per heavy atom. The molecule has 0 bridgehead atoms. The lowest BCUT2D eigenvalue weighted by Crippen LogP contribution is -2.33. The van der Waals surface area contributed by atoms with Gasteiger partial charge in [-0.3, -0.25) is 14.7 Å². The van der Waals surface area contributed by atoms with E-state index in [0.29, 0.717) is 18.1 Å². The number of benzene rings is 1. The zero-order valence-corrected chi connectivity index (χ0v) is 22.7. The second kappa shape index (κ2) is 15.5. The average Bonchev–Trinajstić information content (AvgIpc) is 3.17. The molecule has 1 N–H and O–H groups in total. The van der Waals surface area contributed by atoms with Gasteiger partial charge in [-0.2, -0.15) is 0 Å². The van der Waals surface area contributed by atoms with Crippen molar-refractivity contribution in [3.63, 3.8) is 0 Å². The van der Waals surface area contributed by atoms with E-state index in [4.69, 9.17) is 34.8 Å². The second-order valence-electron chi connectivity index (χ2n) is 8.89. The van der Waals surface area contributed by atoms with Crippen molar-refractivity contribution in [3.8, 4) is 5.69 Å². The van der Waals surface area contributed by atoms with E-state index in [0.717, 1.165) is 25.7 Å². The molecule has 0 spiro atoms. The number of nitrogens with zero attached hydrogens (tertiary/aromatic N) is 2. The molecule has 0 aliphatic rings. The van der Waals surface area contributed by atoms with E-state index in [-0.39, 0.29) is 27.3 Å². The molecular weight excluding hydrogens is 493 g/mol. The number of amides is 1. The smallest absolute Gasteiger partial charge is 0.272 e. The first-order chi connectivity index (χ1) is 16.4. The minimum Gasteiger partial charge on any atom is -0.337 e. The summed E-state index contributed by atoms with van der Waals surface area (Å²) >= 11 is 18.6. The van der Waals surface area contributed by atoms with Crippen LogP contribution in [0.5, 0.6) is 0 Å². The van der Waals surface area contributed by atoms with Gasteiger partial charge in [0.2, 0.25) is 0 Å². The topological polar surface area (TPSA) is 58.1 Å². The van der Waals surface area contributed by atoms with E-state index in [2.05, 4.69) is 18.9 Å². The number of nitrogens with one attached hydrogen (secondary N) is 1. The van der Waals surface area contributed by atoms with Crippen LogP contribution in [0.25, 0.3) is 5.69 Å². The van der Waals surface area contributed by atoms with Gasteiger partial charge in [-0.1, -0.05) is 113 Å². The summed E-state index contributed by atoms with van der Waals surface area (Å²) in [5.74, 6) is -0.167. The third kappa shape index (κ3) is 8.98. The predicted molar refractivity (Wildman–Crippen MR) is 144 cm³/mol. The fraction of sp³-hybridized carbons (Fsp3) is 0.615. The van der Waals surface area contributed by atoms with Crippen LogP contribution in [-0.2, 0) is 0 Å². The van der Waals surface area contributed by atoms with Gasteiger partial charge in [-0.25, -0.2) is 4.68 Å². The Labute approximate surface area is 218 Å². The highest BCUT2D eigenvalue weighted by atomic mass is 35.5. The number of hydrogen-bond acceptors (Lipinski definition) is 2. The molecule has 1 aromatic heterocycles. The van der Waals surface area contributed by atoms with E-state index >= 15 is 0 Å². The van der Waals surface area contributed by atoms with Gasteiger partial charge >= 0.3 is 0 Å². The molecule has 0 saturated carbocycles. The molecule has 0 atom stereocenters. The van der Waals surface area contributed by atoms with Crippen LogP contribution in [0.4, 0.5) is 0 Å². The number of carbonyl (C=O) groups is 1. The molecule has 190 valence electrons. The molecule has 1 amide bonds. The van der Waals surface area contributed by atoms with Crippen LogP contribution >= 0.6 is 34.8 Å².